The van der Waals surface area contributed by atoms with E-state index in [1.165, 1.54) is 0 Å². The molecule has 3 nitrogen and oxygen atoms in total. The van der Waals surface area contributed by atoms with E-state index in [2.05, 4.69) is 21.2 Å². The normalized spacial score (nSPS) is 8.47. The first-order valence-corrected chi connectivity index (χ1v) is 5.56. The highest BCUT2D eigenvalue weighted by Crippen LogP contribution is 2.02. The third kappa shape index (κ3) is 6.01. The van der Waals surface area contributed by atoms with Crippen LogP contribution in [-0.2, 0) is 4.79 Å². The fourth-order valence-corrected chi connectivity index (χ4v) is 0.931. The summed E-state index contributed by atoms with van der Waals surface area (Å²) in [6.45, 7) is 1.96. The molecular formula is C11H14BrNO2. The van der Waals surface area contributed by atoms with Crippen LogP contribution in [0.25, 0.3) is 0 Å². The molecule has 0 saturated carbocycles. The predicted octanol–water partition coefficient (Wildman–Crippen LogP) is 1.93. The Morgan fingerprint density at radius 2 is 2.13 bits per heavy atom. The molecule has 0 bridgehead atoms. The standard InChI is InChI=1S/C9H11NO.C2H3BrO/c1-7-4-3-5-8(6-7)9(11)10-2;3-1-2-4/h3-6H,1-2H3,(H,10,11);2H,1H2. The summed E-state index contributed by atoms with van der Waals surface area (Å²) in [6, 6.07) is 7.50. The molecule has 1 aromatic rings. The summed E-state index contributed by atoms with van der Waals surface area (Å²) in [5.41, 5.74) is 1.82. The summed E-state index contributed by atoms with van der Waals surface area (Å²) in [5, 5.41) is 3.02. The Kier molecular flexibility index (Phi) is 7.54. The predicted molar refractivity (Wildman–Crippen MR) is 64.4 cm³/mol. The van der Waals surface area contributed by atoms with Crippen LogP contribution in [0, 0.1) is 6.92 Å². The van der Waals surface area contributed by atoms with Crippen molar-refractivity contribution in [1.29, 1.82) is 0 Å². The Morgan fingerprint density at radius 1 is 1.53 bits per heavy atom. The molecule has 0 atom stereocenters. The number of carbonyl (C=O) groups excluding carboxylic acids is 2. The van der Waals surface area contributed by atoms with Crippen LogP contribution in [-0.4, -0.2) is 24.6 Å². The van der Waals surface area contributed by atoms with Crippen molar-refractivity contribution in [3.05, 3.63) is 35.4 Å². The second-order valence-electron chi connectivity index (χ2n) is 2.77. The Bertz CT molecular complexity index is 326. The van der Waals surface area contributed by atoms with Gasteiger partial charge in [0.15, 0.2) is 0 Å². The highest BCUT2D eigenvalue weighted by Gasteiger charge is 2.00. The van der Waals surface area contributed by atoms with Crippen LogP contribution in [0.3, 0.4) is 0 Å². The zero-order chi connectivity index (χ0) is 11.7. The van der Waals surface area contributed by atoms with Gasteiger partial charge < -0.3 is 10.1 Å². The molecule has 0 fully saturated rings. The quantitative estimate of drug-likeness (QED) is 0.660. The van der Waals surface area contributed by atoms with Crippen molar-refractivity contribution in [2.45, 2.75) is 6.92 Å². The summed E-state index contributed by atoms with van der Waals surface area (Å²) in [4.78, 5) is 20.2. The van der Waals surface area contributed by atoms with Crippen LogP contribution >= 0.6 is 15.9 Å². The number of halogens is 1. The SMILES string of the molecule is CNC(=O)c1cccc(C)c1.O=CCBr. The van der Waals surface area contributed by atoms with Gasteiger partial charge in [0.1, 0.15) is 6.29 Å². The fraction of sp³-hybridized carbons (Fsp3) is 0.273. The van der Waals surface area contributed by atoms with Crippen molar-refractivity contribution in [3.8, 4) is 0 Å². The lowest BCUT2D eigenvalue weighted by Gasteiger charge is -1.99. The van der Waals surface area contributed by atoms with Gasteiger partial charge in [0.05, 0.1) is 5.33 Å². The number of aldehydes is 1. The van der Waals surface area contributed by atoms with E-state index in [1.54, 1.807) is 13.1 Å². The van der Waals surface area contributed by atoms with Crippen LogP contribution in [0.1, 0.15) is 15.9 Å². The van der Waals surface area contributed by atoms with Crippen molar-refractivity contribution < 1.29 is 9.59 Å². The largest absolute Gasteiger partial charge is 0.355 e. The molecule has 15 heavy (non-hydrogen) atoms. The van der Waals surface area contributed by atoms with Crippen LogP contribution in [0.4, 0.5) is 0 Å². The smallest absolute Gasteiger partial charge is 0.251 e. The molecule has 1 aromatic carbocycles. The van der Waals surface area contributed by atoms with Gasteiger partial charge >= 0.3 is 0 Å². The topological polar surface area (TPSA) is 46.2 Å². The number of carbonyl (C=O) groups is 2. The monoisotopic (exact) mass is 271 g/mol. The maximum absolute atomic E-state index is 11.1. The first-order chi connectivity index (χ1) is 7.15. The number of hydrogen-bond donors (Lipinski definition) is 1. The number of benzene rings is 1. The summed E-state index contributed by atoms with van der Waals surface area (Å²) in [7, 11) is 1.63. The molecule has 4 heteroatoms. The number of rotatable bonds is 2. The minimum atomic E-state index is -0.0336. The maximum atomic E-state index is 11.1. The number of aryl methyl sites for hydroxylation is 1. The molecule has 82 valence electrons. The maximum Gasteiger partial charge on any atom is 0.251 e. The molecule has 0 aliphatic heterocycles. The van der Waals surface area contributed by atoms with Gasteiger partial charge in [-0.05, 0) is 19.1 Å². The zero-order valence-electron chi connectivity index (χ0n) is 8.79. The molecule has 0 spiro atoms. The molecule has 0 radical (unpaired) electrons. The summed E-state index contributed by atoms with van der Waals surface area (Å²) in [6.07, 6.45) is 0.792. The van der Waals surface area contributed by atoms with E-state index in [9.17, 15) is 4.79 Å². The number of amides is 1. The van der Waals surface area contributed by atoms with Crippen molar-refractivity contribution >= 4 is 28.1 Å². The Hall–Kier alpha value is -1.16. The molecule has 0 saturated heterocycles. The van der Waals surface area contributed by atoms with E-state index < -0.39 is 0 Å². The molecule has 0 heterocycles. The van der Waals surface area contributed by atoms with Gasteiger partial charge in [-0.15, -0.1) is 0 Å². The molecular weight excluding hydrogens is 258 g/mol. The van der Waals surface area contributed by atoms with Gasteiger partial charge in [0.2, 0.25) is 0 Å². The van der Waals surface area contributed by atoms with Crippen LogP contribution in [0.15, 0.2) is 24.3 Å². The Morgan fingerprint density at radius 3 is 2.53 bits per heavy atom. The summed E-state index contributed by atoms with van der Waals surface area (Å²) in [5.74, 6) is -0.0336. The van der Waals surface area contributed by atoms with E-state index in [0.29, 0.717) is 10.9 Å². The molecule has 0 aliphatic rings. The lowest BCUT2D eigenvalue weighted by Crippen LogP contribution is -2.17. The van der Waals surface area contributed by atoms with Gasteiger partial charge in [-0.1, -0.05) is 33.6 Å². The van der Waals surface area contributed by atoms with Gasteiger partial charge in [0, 0.05) is 12.6 Å². The second kappa shape index (κ2) is 8.17. The highest BCUT2D eigenvalue weighted by molar-refractivity contribution is 9.09. The lowest BCUT2D eigenvalue weighted by atomic mass is 10.1. The second-order valence-corrected chi connectivity index (χ2v) is 3.42. The Labute approximate surface area is 98.0 Å². The van der Waals surface area contributed by atoms with Gasteiger partial charge in [-0.3, -0.25) is 4.79 Å². The van der Waals surface area contributed by atoms with Crippen LogP contribution in [0.2, 0.25) is 0 Å². The van der Waals surface area contributed by atoms with Crippen molar-refractivity contribution in [2.75, 3.05) is 12.4 Å². The summed E-state index contributed by atoms with van der Waals surface area (Å²) < 4.78 is 0. The first-order valence-electron chi connectivity index (χ1n) is 4.44. The molecule has 1 rings (SSSR count). The molecule has 0 aliphatic carbocycles. The molecule has 0 unspecified atom stereocenters. The lowest BCUT2D eigenvalue weighted by molar-refractivity contribution is -0.105. The van der Waals surface area contributed by atoms with E-state index in [1.807, 2.05) is 25.1 Å². The van der Waals surface area contributed by atoms with Gasteiger partial charge in [-0.2, -0.15) is 0 Å². The molecule has 1 amide bonds. The van der Waals surface area contributed by atoms with Crippen molar-refractivity contribution in [3.63, 3.8) is 0 Å². The van der Waals surface area contributed by atoms with Gasteiger partial charge in [-0.25, -0.2) is 0 Å². The average Bonchev–Trinajstić information content (AvgIpc) is 2.28. The van der Waals surface area contributed by atoms with Crippen LogP contribution in [0.5, 0.6) is 0 Å². The highest BCUT2D eigenvalue weighted by atomic mass is 79.9. The molecule has 0 aromatic heterocycles. The number of hydrogen-bond acceptors (Lipinski definition) is 2. The minimum Gasteiger partial charge on any atom is -0.355 e. The fourth-order valence-electron chi connectivity index (χ4n) is 0.931. The Balaban J connectivity index is 0.000000423. The van der Waals surface area contributed by atoms with E-state index in [-0.39, 0.29) is 5.91 Å². The van der Waals surface area contributed by atoms with Crippen molar-refractivity contribution in [2.24, 2.45) is 0 Å². The third-order valence-electron chi connectivity index (χ3n) is 1.57. The average molecular weight is 272 g/mol. The zero-order valence-corrected chi connectivity index (χ0v) is 10.4. The first kappa shape index (κ1) is 13.8. The number of nitrogens with one attached hydrogen (secondary N) is 1. The minimum absolute atomic E-state index is 0.0336. The van der Waals surface area contributed by atoms with E-state index >= 15 is 0 Å². The third-order valence-corrected chi connectivity index (χ3v) is 1.83. The number of alkyl halides is 1. The van der Waals surface area contributed by atoms with Crippen LogP contribution < -0.4 is 5.32 Å². The van der Waals surface area contributed by atoms with E-state index in [0.717, 1.165) is 11.8 Å². The van der Waals surface area contributed by atoms with Gasteiger partial charge in [0.25, 0.3) is 5.91 Å². The summed E-state index contributed by atoms with van der Waals surface area (Å²) >= 11 is 2.88. The van der Waals surface area contributed by atoms with Crippen molar-refractivity contribution in [1.82, 2.24) is 5.32 Å². The molecule has 1 N–H and O–H groups in total. The van der Waals surface area contributed by atoms with E-state index in [4.69, 9.17) is 4.79 Å².